The minimum absolute atomic E-state index is 0.444. The minimum atomic E-state index is 0.444. The lowest BCUT2D eigenvalue weighted by atomic mass is 10.0. The van der Waals surface area contributed by atoms with Gasteiger partial charge in [0.2, 0.25) is 0 Å². The lowest BCUT2D eigenvalue weighted by Gasteiger charge is -2.14. The first-order valence-electron chi connectivity index (χ1n) is 7.16. The van der Waals surface area contributed by atoms with Gasteiger partial charge in [-0.15, -0.1) is 0 Å². The van der Waals surface area contributed by atoms with E-state index in [0.717, 1.165) is 18.1 Å². The van der Waals surface area contributed by atoms with Crippen molar-refractivity contribution in [2.45, 2.75) is 46.8 Å². The van der Waals surface area contributed by atoms with Gasteiger partial charge in [0.25, 0.3) is 0 Å². The van der Waals surface area contributed by atoms with Crippen LogP contribution in [0.25, 0.3) is 0 Å². The Kier molecular flexibility index (Phi) is 4.77. The van der Waals surface area contributed by atoms with Gasteiger partial charge in [0.05, 0.1) is 0 Å². The molecule has 0 fully saturated rings. The van der Waals surface area contributed by atoms with Gasteiger partial charge in [0.1, 0.15) is 18.7 Å². The van der Waals surface area contributed by atoms with E-state index in [9.17, 15) is 0 Å². The van der Waals surface area contributed by atoms with E-state index in [1.807, 2.05) is 22.9 Å². The maximum Gasteiger partial charge on any atom is 0.164 e. The monoisotopic (exact) mass is 273 g/mol. The molecule has 0 saturated heterocycles. The predicted octanol–water partition coefficient (Wildman–Crippen LogP) is 3.64. The van der Waals surface area contributed by atoms with Gasteiger partial charge < -0.3 is 4.74 Å². The molecule has 0 radical (unpaired) electrons. The molecular weight excluding hydrogens is 250 g/mol. The van der Waals surface area contributed by atoms with Crippen molar-refractivity contribution in [2.24, 2.45) is 5.92 Å². The van der Waals surface area contributed by atoms with E-state index in [-0.39, 0.29) is 0 Å². The molecule has 108 valence electrons. The largest absolute Gasteiger partial charge is 0.485 e. The van der Waals surface area contributed by atoms with Crippen LogP contribution in [0.5, 0.6) is 5.75 Å². The van der Waals surface area contributed by atoms with Crippen LogP contribution in [0.1, 0.15) is 45.0 Å². The Morgan fingerprint density at radius 3 is 2.60 bits per heavy atom. The number of para-hydroxylation sites is 1. The van der Waals surface area contributed by atoms with Crippen LogP contribution in [0.3, 0.4) is 0 Å². The highest BCUT2D eigenvalue weighted by Crippen LogP contribution is 2.26. The SMILES string of the molecule is CC(C)Cn1ncnc1COc1ccccc1C(C)C. The summed E-state index contributed by atoms with van der Waals surface area (Å²) in [5, 5.41) is 4.25. The fourth-order valence-corrected chi connectivity index (χ4v) is 2.13. The average molecular weight is 273 g/mol. The Bertz CT molecular complexity index is 546. The molecule has 0 spiro atoms. The van der Waals surface area contributed by atoms with Crippen molar-refractivity contribution in [1.82, 2.24) is 14.8 Å². The van der Waals surface area contributed by atoms with Gasteiger partial charge in [0, 0.05) is 6.54 Å². The average Bonchev–Trinajstić information content (AvgIpc) is 2.83. The number of nitrogens with zero attached hydrogens (tertiary/aromatic N) is 3. The lowest BCUT2D eigenvalue weighted by Crippen LogP contribution is -2.12. The van der Waals surface area contributed by atoms with Crippen molar-refractivity contribution in [3.63, 3.8) is 0 Å². The normalized spacial score (nSPS) is 11.3. The quantitative estimate of drug-likeness (QED) is 0.806. The van der Waals surface area contributed by atoms with Crippen LogP contribution in [0.15, 0.2) is 30.6 Å². The molecule has 0 N–H and O–H groups in total. The zero-order chi connectivity index (χ0) is 14.5. The number of ether oxygens (including phenoxy) is 1. The first-order valence-corrected chi connectivity index (χ1v) is 7.16. The van der Waals surface area contributed by atoms with Gasteiger partial charge in [-0.1, -0.05) is 45.9 Å². The summed E-state index contributed by atoms with van der Waals surface area (Å²) in [4.78, 5) is 4.29. The van der Waals surface area contributed by atoms with Gasteiger partial charge in [-0.2, -0.15) is 5.10 Å². The van der Waals surface area contributed by atoms with Gasteiger partial charge in [-0.25, -0.2) is 9.67 Å². The highest BCUT2D eigenvalue weighted by atomic mass is 16.5. The summed E-state index contributed by atoms with van der Waals surface area (Å²) in [6.45, 7) is 9.99. The Morgan fingerprint density at radius 2 is 1.90 bits per heavy atom. The number of benzene rings is 1. The Hall–Kier alpha value is -1.84. The molecule has 0 bridgehead atoms. The summed E-state index contributed by atoms with van der Waals surface area (Å²) in [5.74, 6) is 2.79. The van der Waals surface area contributed by atoms with Crippen LogP contribution in [-0.2, 0) is 13.2 Å². The third-order valence-electron chi connectivity index (χ3n) is 3.13. The number of aromatic nitrogens is 3. The zero-order valence-corrected chi connectivity index (χ0v) is 12.7. The van der Waals surface area contributed by atoms with Crippen molar-refractivity contribution in [3.8, 4) is 5.75 Å². The molecule has 2 aromatic rings. The first-order chi connectivity index (χ1) is 9.58. The Morgan fingerprint density at radius 1 is 1.15 bits per heavy atom. The van der Waals surface area contributed by atoms with Crippen LogP contribution in [0.2, 0.25) is 0 Å². The fraction of sp³-hybridized carbons (Fsp3) is 0.500. The van der Waals surface area contributed by atoms with Crippen LogP contribution in [0.4, 0.5) is 0 Å². The molecule has 20 heavy (non-hydrogen) atoms. The van der Waals surface area contributed by atoms with Gasteiger partial charge in [0.15, 0.2) is 5.82 Å². The summed E-state index contributed by atoms with van der Waals surface area (Å²) in [6.07, 6.45) is 1.59. The molecule has 1 heterocycles. The van der Waals surface area contributed by atoms with Crippen LogP contribution < -0.4 is 4.74 Å². The van der Waals surface area contributed by atoms with Crippen LogP contribution >= 0.6 is 0 Å². The lowest BCUT2D eigenvalue weighted by molar-refractivity contribution is 0.279. The molecule has 4 heteroatoms. The van der Waals surface area contributed by atoms with E-state index in [0.29, 0.717) is 18.4 Å². The predicted molar refractivity (Wildman–Crippen MR) is 79.7 cm³/mol. The molecule has 2 rings (SSSR count). The smallest absolute Gasteiger partial charge is 0.164 e. The molecular formula is C16H23N3O. The molecule has 0 atom stereocenters. The van der Waals surface area contributed by atoms with Gasteiger partial charge in [-0.3, -0.25) is 0 Å². The molecule has 0 aliphatic heterocycles. The van der Waals surface area contributed by atoms with E-state index in [1.54, 1.807) is 6.33 Å². The maximum absolute atomic E-state index is 5.94. The van der Waals surface area contributed by atoms with Crippen molar-refractivity contribution < 1.29 is 4.74 Å². The molecule has 0 saturated carbocycles. The third kappa shape index (κ3) is 3.59. The van der Waals surface area contributed by atoms with E-state index in [1.165, 1.54) is 5.56 Å². The van der Waals surface area contributed by atoms with Crippen LogP contribution in [0, 0.1) is 5.92 Å². The van der Waals surface area contributed by atoms with E-state index in [2.05, 4.69) is 43.8 Å². The van der Waals surface area contributed by atoms with Gasteiger partial charge in [-0.05, 0) is 23.5 Å². The third-order valence-corrected chi connectivity index (χ3v) is 3.13. The summed E-state index contributed by atoms with van der Waals surface area (Å²) < 4.78 is 7.86. The second-order valence-electron chi connectivity index (χ2n) is 5.73. The summed E-state index contributed by atoms with van der Waals surface area (Å²) >= 11 is 0. The van der Waals surface area contributed by atoms with E-state index in [4.69, 9.17) is 4.74 Å². The topological polar surface area (TPSA) is 39.9 Å². The first kappa shape index (κ1) is 14.6. The molecule has 0 aliphatic carbocycles. The van der Waals surface area contributed by atoms with Crippen molar-refractivity contribution in [2.75, 3.05) is 0 Å². The molecule has 4 nitrogen and oxygen atoms in total. The van der Waals surface area contributed by atoms with Crippen molar-refractivity contribution in [1.29, 1.82) is 0 Å². The highest BCUT2D eigenvalue weighted by Gasteiger charge is 2.10. The van der Waals surface area contributed by atoms with E-state index >= 15 is 0 Å². The zero-order valence-electron chi connectivity index (χ0n) is 12.7. The van der Waals surface area contributed by atoms with Gasteiger partial charge >= 0.3 is 0 Å². The number of rotatable bonds is 6. The maximum atomic E-state index is 5.94. The highest BCUT2D eigenvalue weighted by molar-refractivity contribution is 5.35. The summed E-state index contributed by atoms with van der Waals surface area (Å²) in [5.41, 5.74) is 1.22. The minimum Gasteiger partial charge on any atom is -0.485 e. The molecule has 1 aromatic carbocycles. The second-order valence-corrected chi connectivity index (χ2v) is 5.73. The standard InChI is InChI=1S/C16H23N3O/c1-12(2)9-19-16(17-11-18-19)10-20-15-8-6-5-7-14(15)13(3)4/h5-8,11-13H,9-10H2,1-4H3. The van der Waals surface area contributed by atoms with Crippen LogP contribution in [-0.4, -0.2) is 14.8 Å². The number of hydrogen-bond acceptors (Lipinski definition) is 3. The number of hydrogen-bond donors (Lipinski definition) is 0. The fourth-order valence-electron chi connectivity index (χ4n) is 2.13. The summed E-state index contributed by atoms with van der Waals surface area (Å²) in [6, 6.07) is 8.17. The summed E-state index contributed by atoms with van der Waals surface area (Å²) in [7, 11) is 0. The van der Waals surface area contributed by atoms with Crippen molar-refractivity contribution >= 4 is 0 Å². The second kappa shape index (κ2) is 6.55. The molecule has 0 unspecified atom stereocenters. The molecule has 1 aromatic heterocycles. The molecule has 0 aliphatic rings. The molecule has 0 amide bonds. The Labute approximate surface area is 120 Å². The Balaban J connectivity index is 2.08. The van der Waals surface area contributed by atoms with E-state index < -0.39 is 0 Å². The van der Waals surface area contributed by atoms with Crippen molar-refractivity contribution in [3.05, 3.63) is 42.0 Å².